The highest BCUT2D eigenvalue weighted by Gasteiger charge is 2.35. The van der Waals surface area contributed by atoms with Crippen molar-refractivity contribution >= 4 is 31.8 Å². The first-order valence-electron chi connectivity index (χ1n) is 13.9. The zero-order chi connectivity index (χ0) is 27.8. The second kappa shape index (κ2) is 10.2. The van der Waals surface area contributed by atoms with Crippen LogP contribution in [0.1, 0.15) is 18.9 Å². The molecule has 7 rings (SSSR count). The summed E-state index contributed by atoms with van der Waals surface area (Å²) in [5.41, 5.74) is 3.94. The van der Waals surface area contributed by atoms with E-state index < -0.39 is 10.0 Å². The molecule has 0 fully saturated rings. The lowest BCUT2D eigenvalue weighted by atomic mass is 10.0. The van der Waals surface area contributed by atoms with Gasteiger partial charge in [-0.15, -0.1) is 10.0 Å². The van der Waals surface area contributed by atoms with Crippen molar-refractivity contribution in [3.63, 3.8) is 0 Å². The number of nitriles is 1. The van der Waals surface area contributed by atoms with Gasteiger partial charge in [0.2, 0.25) is 0 Å². The van der Waals surface area contributed by atoms with Gasteiger partial charge in [0, 0.05) is 31.1 Å². The molecule has 1 aromatic heterocycles. The molecule has 6 aromatic rings. The van der Waals surface area contributed by atoms with Crippen LogP contribution < -0.4 is 0 Å². The molecule has 2 atom stereocenters. The average molecular weight is 545 g/mol. The standard InChI is InChI=1S/C38H28N2S/c1-28-11-10-16-33(25-28)41(31-14-6-3-7-15-31,32-21-19-29(27-39)20-22-32)34-23-24-36-35-17-8-9-18-37(35)40(38(36)26-34)30-12-4-2-5-13-30/h2-8,10,12-17,19-26,28H,11H2,1H3. The van der Waals surface area contributed by atoms with Crippen LogP contribution in [0.25, 0.3) is 27.5 Å². The third kappa shape index (κ3) is 4.06. The minimum absolute atomic E-state index is 0.439. The van der Waals surface area contributed by atoms with Crippen LogP contribution in [0.3, 0.4) is 0 Å². The van der Waals surface area contributed by atoms with E-state index in [1.54, 1.807) is 0 Å². The first kappa shape index (κ1) is 25.0. The SMILES string of the molecule is CC1C=C(S(c2ccccc2)(c2ccc(C#N)cc2)c2ccc3c4ccc#cc4n(-c4ccccc4)c3c2)C=CC1. The maximum absolute atomic E-state index is 9.60. The van der Waals surface area contributed by atoms with E-state index in [0.717, 1.165) is 23.1 Å². The maximum atomic E-state index is 9.60. The Balaban J connectivity index is 1.62. The van der Waals surface area contributed by atoms with Crippen molar-refractivity contribution in [2.24, 2.45) is 5.92 Å². The molecule has 2 nitrogen and oxygen atoms in total. The van der Waals surface area contributed by atoms with Gasteiger partial charge in [0.15, 0.2) is 0 Å². The third-order valence-corrected chi connectivity index (χ3v) is 11.8. The highest BCUT2D eigenvalue weighted by Crippen LogP contribution is 2.74. The first-order valence-corrected chi connectivity index (χ1v) is 15.5. The van der Waals surface area contributed by atoms with Crippen LogP contribution in [0.4, 0.5) is 0 Å². The smallest absolute Gasteiger partial charge is 0.105 e. The molecule has 0 saturated heterocycles. The van der Waals surface area contributed by atoms with E-state index in [-0.39, 0.29) is 0 Å². The van der Waals surface area contributed by atoms with Gasteiger partial charge < -0.3 is 4.57 Å². The largest absolute Gasteiger partial charge is 0.302 e. The quantitative estimate of drug-likeness (QED) is 0.212. The average Bonchev–Trinajstić information content (AvgIpc) is 3.37. The minimum atomic E-state index is -1.89. The molecule has 0 N–H and O–H groups in total. The fourth-order valence-corrected chi connectivity index (χ4v) is 10.1. The fourth-order valence-electron chi connectivity index (χ4n) is 6.04. The van der Waals surface area contributed by atoms with Gasteiger partial charge in [0.25, 0.3) is 0 Å². The van der Waals surface area contributed by atoms with Crippen molar-refractivity contribution < 1.29 is 0 Å². The van der Waals surface area contributed by atoms with E-state index in [1.807, 2.05) is 18.2 Å². The van der Waals surface area contributed by atoms with Crippen LogP contribution in [0, 0.1) is 29.4 Å². The van der Waals surface area contributed by atoms with Crippen LogP contribution in [-0.2, 0) is 0 Å². The number of para-hydroxylation sites is 1. The number of allylic oxidation sites excluding steroid dienone is 3. The number of rotatable bonds is 5. The van der Waals surface area contributed by atoms with Crippen LogP contribution in [0.5, 0.6) is 0 Å². The monoisotopic (exact) mass is 544 g/mol. The molecule has 0 spiro atoms. The number of hydrogen-bond acceptors (Lipinski definition) is 1. The highest BCUT2D eigenvalue weighted by molar-refractivity contribution is 8.37. The molecule has 1 aliphatic carbocycles. The Kier molecular flexibility index (Phi) is 6.24. The summed E-state index contributed by atoms with van der Waals surface area (Å²) in [7, 11) is -1.89. The van der Waals surface area contributed by atoms with Crippen LogP contribution in [0.15, 0.2) is 153 Å². The number of hydrogen-bond donors (Lipinski definition) is 0. The number of benzene rings is 4. The molecule has 1 heterocycles. The number of fused-ring (bicyclic) bond motifs is 3. The Morgan fingerprint density at radius 2 is 1.51 bits per heavy atom. The second-order valence-corrected chi connectivity index (χ2v) is 13.6. The van der Waals surface area contributed by atoms with Gasteiger partial charge >= 0.3 is 0 Å². The lowest BCUT2D eigenvalue weighted by molar-refractivity contribution is 0.734. The molecule has 41 heavy (non-hydrogen) atoms. The van der Waals surface area contributed by atoms with Crippen LogP contribution >= 0.6 is 10.0 Å². The summed E-state index contributed by atoms with van der Waals surface area (Å²) in [6.07, 6.45) is 8.15. The molecule has 196 valence electrons. The Morgan fingerprint density at radius 1 is 0.805 bits per heavy atom. The molecule has 0 saturated carbocycles. The topological polar surface area (TPSA) is 28.7 Å². The summed E-state index contributed by atoms with van der Waals surface area (Å²) in [4.78, 5) is 5.08. The van der Waals surface area contributed by atoms with Crippen LogP contribution in [-0.4, -0.2) is 4.57 Å². The van der Waals surface area contributed by atoms with Crippen molar-refractivity contribution in [1.29, 1.82) is 5.26 Å². The summed E-state index contributed by atoms with van der Waals surface area (Å²) in [5.74, 6) is 0.439. The second-order valence-electron chi connectivity index (χ2n) is 10.5. The summed E-state index contributed by atoms with van der Waals surface area (Å²) >= 11 is 0. The highest BCUT2D eigenvalue weighted by atomic mass is 32.3. The summed E-state index contributed by atoms with van der Waals surface area (Å²) < 4.78 is 2.31. The van der Waals surface area contributed by atoms with Gasteiger partial charge in [-0.3, -0.25) is 0 Å². The van der Waals surface area contributed by atoms with E-state index >= 15 is 0 Å². The van der Waals surface area contributed by atoms with E-state index in [9.17, 15) is 5.26 Å². The molecule has 0 aliphatic heterocycles. The maximum Gasteiger partial charge on any atom is 0.105 e. The van der Waals surface area contributed by atoms with E-state index in [1.165, 1.54) is 30.4 Å². The first-order chi connectivity index (χ1) is 20.2. The van der Waals surface area contributed by atoms with Gasteiger partial charge in [-0.2, -0.15) is 5.26 Å². The van der Waals surface area contributed by atoms with Gasteiger partial charge in [0.05, 0.1) is 17.1 Å². The van der Waals surface area contributed by atoms with Gasteiger partial charge in [-0.1, -0.05) is 73.7 Å². The lowest BCUT2D eigenvalue weighted by Gasteiger charge is -2.44. The van der Waals surface area contributed by atoms with E-state index in [4.69, 9.17) is 0 Å². The molecule has 0 bridgehead atoms. The minimum Gasteiger partial charge on any atom is -0.302 e. The fraction of sp³-hybridized carbons (Fsp3) is 0.0789. The molecular weight excluding hydrogens is 516 g/mol. The normalized spacial score (nSPS) is 16.9. The van der Waals surface area contributed by atoms with Gasteiger partial charge in [-0.25, -0.2) is 0 Å². The van der Waals surface area contributed by atoms with Crippen molar-refractivity contribution in [2.75, 3.05) is 0 Å². The van der Waals surface area contributed by atoms with Crippen molar-refractivity contribution in [3.05, 3.63) is 156 Å². The van der Waals surface area contributed by atoms with Crippen molar-refractivity contribution in [2.45, 2.75) is 28.0 Å². The Labute approximate surface area is 242 Å². The zero-order valence-electron chi connectivity index (χ0n) is 22.8. The molecular formula is C38H28N2S. The number of nitrogens with zero attached hydrogens (tertiary/aromatic N) is 2. The van der Waals surface area contributed by atoms with E-state index in [0.29, 0.717) is 11.5 Å². The zero-order valence-corrected chi connectivity index (χ0v) is 23.6. The Hall–Kier alpha value is -4.96. The predicted molar refractivity (Wildman–Crippen MR) is 169 cm³/mol. The predicted octanol–water partition coefficient (Wildman–Crippen LogP) is 10.0. The van der Waals surface area contributed by atoms with E-state index in [2.05, 4.69) is 145 Å². The Bertz CT molecular complexity index is 1980. The molecule has 3 heteroatoms. The summed E-state index contributed by atoms with van der Waals surface area (Å²) in [6.45, 7) is 2.29. The summed E-state index contributed by atoms with van der Waals surface area (Å²) in [6, 6.07) is 49.6. The van der Waals surface area contributed by atoms with Gasteiger partial charge in [0.1, 0.15) is 5.52 Å². The molecule has 2 unspecified atom stereocenters. The van der Waals surface area contributed by atoms with Gasteiger partial charge in [-0.05, 0) is 96.1 Å². The van der Waals surface area contributed by atoms with Crippen molar-refractivity contribution in [1.82, 2.24) is 4.57 Å². The third-order valence-electron chi connectivity index (χ3n) is 7.90. The Morgan fingerprint density at radius 3 is 2.24 bits per heavy atom. The lowest BCUT2D eigenvalue weighted by Crippen LogP contribution is -2.09. The molecule has 0 amide bonds. The summed E-state index contributed by atoms with van der Waals surface area (Å²) in [5, 5.41) is 12.0. The molecule has 1 aliphatic rings. The van der Waals surface area contributed by atoms with Crippen LogP contribution in [0.2, 0.25) is 0 Å². The van der Waals surface area contributed by atoms with Crippen molar-refractivity contribution in [3.8, 4) is 11.8 Å². The molecule has 5 aromatic carbocycles. The number of aromatic nitrogens is 1. The molecule has 0 radical (unpaired) electrons.